The molecule has 1 aliphatic carbocycles. The predicted octanol–water partition coefficient (Wildman–Crippen LogP) is 3.22. The fourth-order valence-corrected chi connectivity index (χ4v) is 2.58. The molecule has 0 bridgehead atoms. The van der Waals surface area contributed by atoms with Crippen molar-refractivity contribution in [3.8, 4) is 0 Å². The molecule has 0 unspecified atom stereocenters. The number of rotatable bonds is 3. The highest BCUT2D eigenvalue weighted by molar-refractivity contribution is 14.1. The van der Waals surface area contributed by atoms with E-state index in [-0.39, 0.29) is 0 Å². The number of hydrogen-bond acceptors (Lipinski definition) is 2. The normalized spacial score (nSPS) is 25.4. The van der Waals surface area contributed by atoms with E-state index in [1.54, 1.807) is 0 Å². The van der Waals surface area contributed by atoms with Gasteiger partial charge in [0, 0.05) is 21.8 Å². The average Bonchev–Trinajstić information content (AvgIpc) is 2.30. The molecule has 16 heavy (non-hydrogen) atoms. The molecule has 0 saturated heterocycles. The van der Waals surface area contributed by atoms with Crippen LogP contribution in [0.5, 0.6) is 0 Å². The van der Waals surface area contributed by atoms with Gasteiger partial charge in [0.1, 0.15) is 0 Å². The molecule has 0 atom stereocenters. The Morgan fingerprint density at radius 1 is 1.12 bits per heavy atom. The molecule has 0 amide bonds. The lowest BCUT2D eigenvalue weighted by molar-refractivity contribution is 0.339. The Hall–Kier alpha value is -0.290. The van der Waals surface area contributed by atoms with Gasteiger partial charge in [0.15, 0.2) is 0 Å². The fraction of sp³-hybridized carbons (Fsp3) is 0.538. The number of nitrogens with one attached hydrogen (secondary N) is 1. The Balaban J connectivity index is 1.77. The van der Waals surface area contributed by atoms with Crippen molar-refractivity contribution in [2.45, 2.75) is 31.7 Å². The maximum absolute atomic E-state index is 5.90. The van der Waals surface area contributed by atoms with E-state index in [2.05, 4.69) is 52.2 Å². The summed E-state index contributed by atoms with van der Waals surface area (Å²) in [5.41, 5.74) is 7.13. The van der Waals surface area contributed by atoms with E-state index in [4.69, 9.17) is 5.73 Å². The highest BCUT2D eigenvalue weighted by Gasteiger charge is 2.17. The van der Waals surface area contributed by atoms with Gasteiger partial charge in [0.2, 0.25) is 0 Å². The van der Waals surface area contributed by atoms with Crippen LogP contribution in [0.1, 0.15) is 25.7 Å². The van der Waals surface area contributed by atoms with Crippen molar-refractivity contribution in [3.05, 3.63) is 27.8 Å². The number of nitrogens with two attached hydrogens (primary N) is 1. The topological polar surface area (TPSA) is 38.0 Å². The molecular weight excluding hydrogens is 311 g/mol. The van der Waals surface area contributed by atoms with E-state index >= 15 is 0 Å². The van der Waals surface area contributed by atoms with Crippen molar-refractivity contribution in [1.82, 2.24) is 0 Å². The summed E-state index contributed by atoms with van der Waals surface area (Å²) in [6, 6.07) is 9.03. The van der Waals surface area contributed by atoms with Crippen LogP contribution in [0.15, 0.2) is 24.3 Å². The molecule has 2 nitrogen and oxygen atoms in total. The zero-order valence-corrected chi connectivity index (χ0v) is 11.6. The van der Waals surface area contributed by atoms with E-state index < -0.39 is 0 Å². The molecule has 0 aliphatic heterocycles. The summed E-state index contributed by atoms with van der Waals surface area (Å²) in [4.78, 5) is 0. The van der Waals surface area contributed by atoms with Gasteiger partial charge >= 0.3 is 0 Å². The van der Waals surface area contributed by atoms with Crippen LogP contribution >= 0.6 is 22.6 Å². The van der Waals surface area contributed by atoms with E-state index in [9.17, 15) is 0 Å². The van der Waals surface area contributed by atoms with Crippen LogP contribution in [0.4, 0.5) is 5.69 Å². The van der Waals surface area contributed by atoms with Crippen LogP contribution in [0.3, 0.4) is 0 Å². The van der Waals surface area contributed by atoms with Crippen molar-refractivity contribution >= 4 is 28.3 Å². The quantitative estimate of drug-likeness (QED) is 0.835. The van der Waals surface area contributed by atoms with Crippen LogP contribution in [-0.4, -0.2) is 12.6 Å². The summed E-state index contributed by atoms with van der Waals surface area (Å²) in [5, 5.41) is 3.51. The van der Waals surface area contributed by atoms with E-state index in [1.807, 2.05) is 0 Å². The molecule has 3 heteroatoms. The molecule has 0 aromatic heterocycles. The van der Waals surface area contributed by atoms with Crippen LogP contribution in [0.2, 0.25) is 0 Å². The largest absolute Gasteiger partial charge is 0.385 e. The number of anilines is 1. The van der Waals surface area contributed by atoms with Crippen molar-refractivity contribution in [2.24, 2.45) is 11.7 Å². The summed E-state index contributed by atoms with van der Waals surface area (Å²) in [7, 11) is 0. The molecule has 1 fully saturated rings. The van der Waals surface area contributed by atoms with Gasteiger partial charge in [0.05, 0.1) is 0 Å². The Morgan fingerprint density at radius 2 is 1.75 bits per heavy atom. The standard InChI is InChI=1S/C13H19IN2/c14-11-3-7-13(8-4-11)16-9-10-1-5-12(15)6-2-10/h3-4,7-8,10,12,16H,1-2,5-6,9,15H2/t10-,12-. The lowest BCUT2D eigenvalue weighted by Crippen LogP contribution is -2.29. The summed E-state index contributed by atoms with van der Waals surface area (Å²) < 4.78 is 1.28. The van der Waals surface area contributed by atoms with Gasteiger partial charge in [-0.15, -0.1) is 0 Å². The Morgan fingerprint density at radius 3 is 2.38 bits per heavy atom. The zero-order valence-electron chi connectivity index (χ0n) is 9.45. The fourth-order valence-electron chi connectivity index (χ4n) is 2.22. The number of benzene rings is 1. The minimum absolute atomic E-state index is 0.453. The first-order chi connectivity index (χ1) is 7.74. The summed E-state index contributed by atoms with van der Waals surface area (Å²) in [5.74, 6) is 0.805. The minimum atomic E-state index is 0.453. The van der Waals surface area contributed by atoms with Crippen molar-refractivity contribution in [2.75, 3.05) is 11.9 Å². The molecule has 1 aromatic rings. The first kappa shape index (κ1) is 12.2. The Labute approximate surface area is 111 Å². The predicted molar refractivity (Wildman–Crippen MR) is 77.6 cm³/mol. The SMILES string of the molecule is N[C@H]1CC[C@H](CNc2ccc(I)cc2)CC1. The van der Waals surface area contributed by atoms with Crippen molar-refractivity contribution in [3.63, 3.8) is 0 Å². The van der Waals surface area contributed by atoms with Crippen molar-refractivity contribution in [1.29, 1.82) is 0 Å². The van der Waals surface area contributed by atoms with E-state index in [0.717, 1.165) is 12.5 Å². The van der Waals surface area contributed by atoms with E-state index in [0.29, 0.717) is 6.04 Å². The Kier molecular flexibility index (Phi) is 4.46. The first-order valence-electron chi connectivity index (χ1n) is 5.99. The highest BCUT2D eigenvalue weighted by Crippen LogP contribution is 2.23. The van der Waals surface area contributed by atoms with Gasteiger partial charge in [-0.3, -0.25) is 0 Å². The number of hydrogen-bond donors (Lipinski definition) is 2. The summed E-state index contributed by atoms with van der Waals surface area (Å²) in [6.45, 7) is 1.09. The molecule has 1 aliphatic rings. The smallest absolute Gasteiger partial charge is 0.0340 e. The zero-order chi connectivity index (χ0) is 11.4. The molecule has 0 spiro atoms. The molecule has 1 saturated carbocycles. The van der Waals surface area contributed by atoms with Crippen LogP contribution in [0, 0.1) is 9.49 Å². The molecule has 3 N–H and O–H groups in total. The highest BCUT2D eigenvalue weighted by atomic mass is 127. The van der Waals surface area contributed by atoms with E-state index in [1.165, 1.54) is 34.9 Å². The lowest BCUT2D eigenvalue weighted by Gasteiger charge is -2.26. The molecule has 1 aromatic carbocycles. The summed E-state index contributed by atoms with van der Waals surface area (Å²) in [6.07, 6.45) is 4.94. The Bertz CT molecular complexity index is 315. The van der Waals surface area contributed by atoms with Gasteiger partial charge < -0.3 is 11.1 Å². The number of halogens is 1. The van der Waals surface area contributed by atoms with Gasteiger partial charge in [0.25, 0.3) is 0 Å². The second kappa shape index (κ2) is 5.87. The van der Waals surface area contributed by atoms with Crippen molar-refractivity contribution < 1.29 is 0 Å². The van der Waals surface area contributed by atoms with Gasteiger partial charge in [-0.1, -0.05) is 0 Å². The molecule has 0 radical (unpaired) electrons. The second-order valence-electron chi connectivity index (χ2n) is 4.67. The monoisotopic (exact) mass is 330 g/mol. The third-order valence-corrected chi connectivity index (χ3v) is 4.05. The third kappa shape index (κ3) is 3.63. The van der Waals surface area contributed by atoms with Crippen LogP contribution < -0.4 is 11.1 Å². The van der Waals surface area contributed by atoms with Gasteiger partial charge in [-0.2, -0.15) is 0 Å². The minimum Gasteiger partial charge on any atom is -0.385 e. The third-order valence-electron chi connectivity index (χ3n) is 3.33. The summed E-state index contributed by atoms with van der Waals surface area (Å²) >= 11 is 2.33. The maximum Gasteiger partial charge on any atom is 0.0340 e. The first-order valence-corrected chi connectivity index (χ1v) is 7.07. The van der Waals surface area contributed by atoms with Gasteiger partial charge in [-0.25, -0.2) is 0 Å². The molecule has 88 valence electrons. The molecule has 2 rings (SSSR count). The lowest BCUT2D eigenvalue weighted by atomic mass is 9.86. The molecule has 0 heterocycles. The second-order valence-corrected chi connectivity index (χ2v) is 5.91. The average molecular weight is 330 g/mol. The van der Waals surface area contributed by atoms with Crippen LogP contribution in [0.25, 0.3) is 0 Å². The molecular formula is C13H19IN2. The van der Waals surface area contributed by atoms with Crippen LogP contribution in [-0.2, 0) is 0 Å². The van der Waals surface area contributed by atoms with Gasteiger partial charge in [-0.05, 0) is 78.5 Å². The maximum atomic E-state index is 5.90.